The average Bonchev–Trinajstić information content (AvgIpc) is 3.62. The van der Waals surface area contributed by atoms with Crippen molar-refractivity contribution in [2.24, 2.45) is 0 Å². The van der Waals surface area contributed by atoms with Crippen molar-refractivity contribution >= 4 is 39.3 Å². The highest BCUT2D eigenvalue weighted by atomic mass is 32.2. The molecule has 0 spiro atoms. The van der Waals surface area contributed by atoms with Crippen LogP contribution < -0.4 is 0 Å². The van der Waals surface area contributed by atoms with E-state index in [2.05, 4.69) is 134 Å². The molecule has 1 saturated heterocycles. The van der Waals surface area contributed by atoms with E-state index in [9.17, 15) is 0 Å². The number of rotatable bonds is 3. The van der Waals surface area contributed by atoms with Gasteiger partial charge in [-0.25, -0.2) is 14.5 Å². The van der Waals surface area contributed by atoms with Gasteiger partial charge < -0.3 is 4.57 Å². The molecule has 3 heterocycles. The molecule has 0 amide bonds. The number of fused-ring (bicyclic) bond motifs is 6. The SMILES string of the molecule is [C-]#[N+]c1ccc(-n2c3ccccc3c3ccccc32)cc1-c1ccc2c(c1)C1C=C(N3OC(C)(C)C(C)(C)O3)C=CC1S2. The van der Waals surface area contributed by atoms with Crippen LogP contribution >= 0.6 is 11.8 Å². The molecule has 2 unspecified atom stereocenters. The first-order chi connectivity index (χ1) is 20.7. The number of hydroxylamine groups is 2. The Balaban J connectivity index is 1.21. The van der Waals surface area contributed by atoms with E-state index in [1.807, 2.05) is 17.8 Å². The summed E-state index contributed by atoms with van der Waals surface area (Å²) in [6, 6.07) is 29.9. The molecule has 212 valence electrons. The first-order valence-electron chi connectivity index (χ1n) is 14.6. The maximum absolute atomic E-state index is 7.99. The summed E-state index contributed by atoms with van der Waals surface area (Å²) in [7, 11) is 0. The largest absolute Gasteiger partial charge is 0.309 e. The fraction of sp³-hybridized carbons (Fsp3) is 0.216. The molecule has 0 saturated carbocycles. The number of allylic oxidation sites excluding steroid dienone is 2. The van der Waals surface area contributed by atoms with Gasteiger partial charge in [-0.15, -0.1) is 17.0 Å². The van der Waals surface area contributed by atoms with Crippen LogP contribution in [0.4, 0.5) is 5.69 Å². The Bertz CT molecular complexity index is 1990. The Morgan fingerprint density at radius 2 is 1.49 bits per heavy atom. The predicted molar refractivity (Wildman–Crippen MR) is 174 cm³/mol. The van der Waals surface area contributed by atoms with Crippen LogP contribution in [0, 0.1) is 6.57 Å². The number of para-hydroxylation sites is 2. The Morgan fingerprint density at radius 3 is 2.16 bits per heavy atom. The van der Waals surface area contributed by atoms with Crippen molar-refractivity contribution < 1.29 is 9.68 Å². The maximum atomic E-state index is 7.99. The normalized spacial score (nSPS) is 21.6. The minimum atomic E-state index is -0.453. The van der Waals surface area contributed by atoms with Crippen LogP contribution in [0.25, 0.3) is 43.5 Å². The van der Waals surface area contributed by atoms with Gasteiger partial charge in [0.15, 0.2) is 5.69 Å². The van der Waals surface area contributed by atoms with Gasteiger partial charge in [-0.1, -0.05) is 60.7 Å². The maximum Gasteiger partial charge on any atom is 0.195 e. The van der Waals surface area contributed by atoms with E-state index < -0.39 is 11.2 Å². The molecule has 43 heavy (non-hydrogen) atoms. The third-order valence-corrected chi connectivity index (χ3v) is 10.7. The molecule has 2 aliphatic heterocycles. The Kier molecular flexibility index (Phi) is 5.74. The monoisotopic (exact) mass is 581 g/mol. The van der Waals surface area contributed by atoms with E-state index >= 15 is 0 Å². The number of aromatic nitrogens is 1. The van der Waals surface area contributed by atoms with Crippen LogP contribution in [0.15, 0.2) is 114 Å². The molecule has 5 nitrogen and oxygen atoms in total. The van der Waals surface area contributed by atoms with E-state index in [0.717, 1.165) is 33.5 Å². The van der Waals surface area contributed by atoms with Gasteiger partial charge in [0, 0.05) is 32.5 Å². The van der Waals surface area contributed by atoms with E-state index in [4.69, 9.17) is 16.2 Å². The van der Waals surface area contributed by atoms with Gasteiger partial charge in [0.05, 0.1) is 23.3 Å². The van der Waals surface area contributed by atoms with Crippen molar-refractivity contribution in [2.45, 2.75) is 55.0 Å². The molecule has 8 rings (SSSR count). The lowest BCUT2D eigenvalue weighted by Gasteiger charge is -2.26. The van der Waals surface area contributed by atoms with Crippen LogP contribution in [-0.2, 0) is 9.68 Å². The standard InChI is InChI=1S/C37H31N3O2S/c1-36(2)37(3,4)42-40(41-36)25-16-19-35-30(22-25)29-20-23(14-18-34(29)43-35)28-21-24(15-17-31(28)38-5)39-32-12-8-6-10-26(32)27-11-7-9-13-33(27)39/h6-22,30,35H,1-4H3. The first kappa shape index (κ1) is 26.4. The van der Waals surface area contributed by atoms with Crippen molar-refractivity contribution in [3.8, 4) is 16.8 Å². The smallest absolute Gasteiger partial charge is 0.195 e. The highest BCUT2D eigenvalue weighted by Crippen LogP contribution is 2.51. The fourth-order valence-corrected chi connectivity index (χ4v) is 7.63. The van der Waals surface area contributed by atoms with Gasteiger partial charge in [0.25, 0.3) is 0 Å². The molecule has 0 bridgehead atoms. The van der Waals surface area contributed by atoms with E-state index in [0.29, 0.717) is 10.9 Å². The molecular formula is C37H31N3O2S. The van der Waals surface area contributed by atoms with Crippen molar-refractivity contribution in [3.05, 3.63) is 126 Å². The second-order valence-electron chi connectivity index (χ2n) is 12.5. The molecule has 1 aliphatic carbocycles. The van der Waals surface area contributed by atoms with Gasteiger partial charge in [0.2, 0.25) is 0 Å². The molecule has 2 atom stereocenters. The number of hydrogen-bond acceptors (Lipinski definition) is 4. The summed E-state index contributed by atoms with van der Waals surface area (Å²) in [6.45, 7) is 16.2. The second-order valence-corrected chi connectivity index (χ2v) is 13.7. The number of thioether (sulfide) groups is 1. The molecule has 1 aromatic heterocycles. The zero-order valence-corrected chi connectivity index (χ0v) is 25.4. The topological polar surface area (TPSA) is 31.0 Å². The number of benzene rings is 4. The van der Waals surface area contributed by atoms with Crippen LogP contribution in [0.1, 0.15) is 39.2 Å². The highest BCUT2D eigenvalue weighted by Gasteiger charge is 2.50. The van der Waals surface area contributed by atoms with E-state index in [-0.39, 0.29) is 5.92 Å². The summed E-state index contributed by atoms with van der Waals surface area (Å²) in [4.78, 5) is 17.6. The van der Waals surface area contributed by atoms with Gasteiger partial charge >= 0.3 is 0 Å². The third-order valence-electron chi connectivity index (χ3n) is 9.33. The lowest BCUT2D eigenvalue weighted by molar-refractivity contribution is -0.300. The van der Waals surface area contributed by atoms with Gasteiger partial charge in [-0.2, -0.15) is 0 Å². The van der Waals surface area contributed by atoms with Crippen molar-refractivity contribution in [1.29, 1.82) is 0 Å². The second kappa shape index (κ2) is 9.36. The van der Waals surface area contributed by atoms with Gasteiger partial charge in [-0.3, -0.25) is 0 Å². The Labute approximate surface area is 255 Å². The summed E-state index contributed by atoms with van der Waals surface area (Å²) < 4.78 is 2.31. The average molecular weight is 582 g/mol. The lowest BCUT2D eigenvalue weighted by Crippen LogP contribution is -2.41. The van der Waals surface area contributed by atoms with Crippen molar-refractivity contribution in [2.75, 3.05) is 0 Å². The van der Waals surface area contributed by atoms with Crippen molar-refractivity contribution in [1.82, 2.24) is 9.79 Å². The van der Waals surface area contributed by atoms with Gasteiger partial charge in [0.1, 0.15) is 11.2 Å². The molecular weight excluding hydrogens is 550 g/mol. The van der Waals surface area contributed by atoms with Crippen LogP contribution in [0.3, 0.4) is 0 Å². The minimum Gasteiger partial charge on any atom is -0.309 e. The molecule has 0 N–H and O–H groups in total. The van der Waals surface area contributed by atoms with E-state index in [1.54, 1.807) is 5.23 Å². The molecule has 3 aliphatic rings. The number of nitrogens with zero attached hydrogens (tertiary/aromatic N) is 3. The summed E-state index contributed by atoms with van der Waals surface area (Å²) in [5.41, 5.74) is 7.27. The quantitative estimate of drug-likeness (QED) is 0.199. The summed E-state index contributed by atoms with van der Waals surface area (Å²) in [5.74, 6) is 0.177. The van der Waals surface area contributed by atoms with Crippen molar-refractivity contribution in [3.63, 3.8) is 0 Å². The molecule has 1 fully saturated rings. The summed E-state index contributed by atoms with van der Waals surface area (Å²) >= 11 is 1.89. The van der Waals surface area contributed by atoms with Crippen LogP contribution in [0.5, 0.6) is 0 Å². The van der Waals surface area contributed by atoms with Crippen LogP contribution in [0.2, 0.25) is 0 Å². The minimum absolute atomic E-state index is 0.177. The molecule has 0 radical (unpaired) electrons. The molecule has 5 aromatic rings. The summed E-state index contributed by atoms with van der Waals surface area (Å²) in [6.07, 6.45) is 6.61. The van der Waals surface area contributed by atoms with E-state index in [1.165, 1.54) is 21.2 Å². The first-order valence-corrected chi connectivity index (χ1v) is 15.5. The van der Waals surface area contributed by atoms with Crippen LogP contribution in [-0.4, -0.2) is 26.2 Å². The number of hydrogen-bond donors (Lipinski definition) is 0. The predicted octanol–water partition coefficient (Wildman–Crippen LogP) is 9.75. The lowest BCUT2D eigenvalue weighted by atomic mass is 9.89. The Hall–Kier alpha value is -4.28. The zero-order valence-electron chi connectivity index (χ0n) is 24.5. The zero-order chi connectivity index (χ0) is 29.5. The molecule has 6 heteroatoms. The molecule has 4 aromatic carbocycles. The van der Waals surface area contributed by atoms with Gasteiger partial charge in [-0.05, 0) is 86.9 Å². The summed E-state index contributed by atoms with van der Waals surface area (Å²) in [5, 5.41) is 4.34. The Morgan fingerprint density at radius 1 is 0.814 bits per heavy atom. The fourth-order valence-electron chi connectivity index (χ4n) is 6.33. The third kappa shape index (κ3) is 4.00. The highest BCUT2D eigenvalue weighted by molar-refractivity contribution is 8.00.